The molecule has 3 aliphatic rings. The molecular weight excluding hydrogens is 425 g/mol. The molecule has 0 radical (unpaired) electrons. The van der Waals surface area contributed by atoms with E-state index in [4.69, 9.17) is 4.74 Å². The zero-order chi connectivity index (χ0) is 18.1. The Labute approximate surface area is 143 Å². The summed E-state index contributed by atoms with van der Waals surface area (Å²) in [5.41, 5.74) is -7.11. The normalized spacial score (nSPS) is 32.5. The second kappa shape index (κ2) is 5.21. The fraction of sp³-hybridized carbons (Fsp3) is 0.818. The van der Waals surface area contributed by atoms with E-state index in [1.54, 1.807) is 0 Å². The van der Waals surface area contributed by atoms with Gasteiger partial charge in [0.25, 0.3) is 0 Å². The first kappa shape index (κ1) is 17.7. The van der Waals surface area contributed by atoms with Crippen molar-refractivity contribution >= 4 is 38.0 Å². The average Bonchev–Trinajstić information content (AvgIpc) is 2.64. The van der Waals surface area contributed by atoms with Crippen molar-refractivity contribution in [3.8, 4) is 0 Å². The average molecular weight is 437 g/mol. The second-order valence-corrected chi connectivity index (χ2v) is 8.48. The number of carbonyl (C=O) groups is 2. The summed E-state index contributed by atoms with van der Waals surface area (Å²) in [4.78, 5) is 23.4. The first-order valence-electron chi connectivity index (χ1n) is 6.80. The summed E-state index contributed by atoms with van der Waals surface area (Å²) in [6.07, 6.45) is -3.55. The quantitative estimate of drug-likeness (QED) is 0.349. The summed E-state index contributed by atoms with van der Waals surface area (Å²) in [5.74, 6) is -0.812. The van der Waals surface area contributed by atoms with Gasteiger partial charge in [0.05, 0.1) is 7.11 Å². The molecule has 1 aliphatic carbocycles. The summed E-state index contributed by atoms with van der Waals surface area (Å²) >= 11 is 2.83. The first-order valence-corrected chi connectivity index (χ1v) is 9.16. The van der Waals surface area contributed by atoms with Crippen molar-refractivity contribution in [1.82, 2.24) is 9.21 Å². The Hall–Kier alpha value is -1.08. The smallest absolute Gasteiger partial charge is 0.453 e. The number of sulfonamides is 1. The van der Waals surface area contributed by atoms with Gasteiger partial charge in [-0.15, -0.1) is 0 Å². The van der Waals surface area contributed by atoms with Gasteiger partial charge in [0.2, 0.25) is 6.23 Å². The third-order valence-corrected chi connectivity index (χ3v) is 7.32. The highest BCUT2D eigenvalue weighted by molar-refractivity contribution is 9.09. The molecule has 0 aromatic rings. The summed E-state index contributed by atoms with van der Waals surface area (Å²) in [6, 6.07) is 0. The van der Waals surface area contributed by atoms with E-state index in [9.17, 15) is 31.2 Å². The van der Waals surface area contributed by atoms with Crippen LogP contribution in [-0.4, -0.2) is 59.6 Å². The van der Waals surface area contributed by atoms with Crippen LogP contribution in [0.25, 0.3) is 0 Å². The van der Waals surface area contributed by atoms with Crippen LogP contribution in [0.15, 0.2) is 0 Å². The van der Waals surface area contributed by atoms with Crippen molar-refractivity contribution in [3.05, 3.63) is 0 Å². The van der Waals surface area contributed by atoms with Crippen molar-refractivity contribution in [2.24, 2.45) is 5.41 Å². The molecule has 3 atom stereocenters. The van der Waals surface area contributed by atoms with Gasteiger partial charge < -0.3 is 9.47 Å². The van der Waals surface area contributed by atoms with Crippen LogP contribution in [0.5, 0.6) is 0 Å². The molecule has 0 N–H and O–H groups in total. The van der Waals surface area contributed by atoms with Gasteiger partial charge in [-0.3, -0.25) is 9.69 Å². The fourth-order valence-electron chi connectivity index (χ4n) is 3.32. The third kappa shape index (κ3) is 2.03. The SMILES string of the molecule is COC(=O)N1[C@@H]2OC(=O)C3(CCC3)[C@H]1N(S(=O)(=O)C(F)(F)F)[C@@H]2Br. The molecule has 24 heavy (non-hydrogen) atoms. The van der Waals surface area contributed by atoms with Crippen LogP contribution in [0, 0.1) is 5.41 Å². The standard InChI is InChI=1S/C11H12BrF3N2O6S/c1-22-9(19)16-6-5(12)17(24(20,21)11(13,14)15)7(16)10(3-2-4-10)8(18)23-6/h5-7H,2-4H2,1H3/t5-,6+,7+/m0/s1. The van der Waals surface area contributed by atoms with E-state index in [1.807, 2.05) is 0 Å². The van der Waals surface area contributed by atoms with Crippen molar-refractivity contribution in [2.75, 3.05) is 7.11 Å². The number of hydrogen-bond acceptors (Lipinski definition) is 6. The molecular formula is C11H12BrF3N2O6S. The Morgan fingerprint density at radius 2 is 2.00 bits per heavy atom. The Bertz CT molecular complexity index is 694. The number of methoxy groups -OCH3 is 1. The minimum absolute atomic E-state index is 0.0959. The van der Waals surface area contributed by atoms with E-state index in [0.717, 1.165) is 12.0 Å². The Kier molecular flexibility index (Phi) is 3.85. The topological polar surface area (TPSA) is 93.2 Å². The highest BCUT2D eigenvalue weighted by atomic mass is 79.9. The van der Waals surface area contributed by atoms with Crippen molar-refractivity contribution in [1.29, 1.82) is 0 Å². The molecule has 1 amide bonds. The maximum absolute atomic E-state index is 13.1. The number of carbonyl (C=O) groups excluding carboxylic acids is 2. The molecule has 136 valence electrons. The number of ether oxygens (including phenoxy) is 2. The summed E-state index contributed by atoms with van der Waals surface area (Å²) < 4.78 is 73.0. The van der Waals surface area contributed by atoms with Crippen LogP contribution in [0.2, 0.25) is 0 Å². The highest BCUT2D eigenvalue weighted by Crippen LogP contribution is 2.57. The maximum Gasteiger partial charge on any atom is 0.511 e. The van der Waals surface area contributed by atoms with E-state index >= 15 is 0 Å². The van der Waals surface area contributed by atoms with E-state index in [1.165, 1.54) is 0 Å². The molecule has 1 saturated carbocycles. The van der Waals surface area contributed by atoms with Gasteiger partial charge in [-0.2, -0.15) is 17.5 Å². The highest BCUT2D eigenvalue weighted by Gasteiger charge is 2.73. The predicted octanol–water partition coefficient (Wildman–Crippen LogP) is 1.32. The number of halogens is 4. The van der Waals surface area contributed by atoms with Gasteiger partial charge in [-0.25, -0.2) is 13.2 Å². The van der Waals surface area contributed by atoms with Crippen LogP contribution in [0.1, 0.15) is 19.3 Å². The second-order valence-electron chi connectivity index (χ2n) is 5.71. The van der Waals surface area contributed by atoms with Gasteiger partial charge in [-0.1, -0.05) is 22.4 Å². The molecule has 0 aromatic heterocycles. The molecule has 2 heterocycles. The maximum atomic E-state index is 13.1. The molecule has 0 aromatic carbocycles. The van der Waals surface area contributed by atoms with Crippen LogP contribution in [0.4, 0.5) is 18.0 Å². The predicted molar refractivity (Wildman–Crippen MR) is 73.7 cm³/mol. The van der Waals surface area contributed by atoms with Crippen molar-refractivity contribution < 1.29 is 40.7 Å². The zero-order valence-electron chi connectivity index (χ0n) is 12.1. The number of fused-ring (bicyclic) bond motifs is 3. The largest absolute Gasteiger partial charge is 0.511 e. The minimum Gasteiger partial charge on any atom is -0.453 e. The Morgan fingerprint density at radius 1 is 1.42 bits per heavy atom. The molecule has 2 bridgehead atoms. The van der Waals surface area contributed by atoms with Crippen molar-refractivity contribution in [2.45, 2.75) is 42.1 Å². The van der Waals surface area contributed by atoms with Gasteiger partial charge in [-0.05, 0) is 12.8 Å². The number of amides is 1. The third-order valence-electron chi connectivity index (χ3n) is 4.59. The monoisotopic (exact) mass is 436 g/mol. The van der Waals surface area contributed by atoms with Gasteiger partial charge in [0.15, 0.2) is 0 Å². The number of rotatable bonds is 1. The number of nitrogens with zero attached hydrogens (tertiary/aromatic N) is 2. The lowest BCUT2D eigenvalue weighted by atomic mass is 9.66. The molecule has 13 heteroatoms. The lowest BCUT2D eigenvalue weighted by Crippen LogP contribution is -2.65. The first-order chi connectivity index (χ1) is 11.0. The summed E-state index contributed by atoms with van der Waals surface area (Å²) in [5, 5.41) is 0. The molecule has 1 spiro atoms. The van der Waals surface area contributed by atoms with E-state index in [2.05, 4.69) is 20.7 Å². The molecule has 0 unspecified atom stereocenters. The number of alkyl halides is 4. The molecule has 8 nitrogen and oxygen atoms in total. The number of esters is 1. The van der Waals surface area contributed by atoms with E-state index in [-0.39, 0.29) is 17.1 Å². The van der Waals surface area contributed by atoms with Gasteiger partial charge in [0.1, 0.15) is 16.5 Å². The minimum atomic E-state index is -5.82. The lowest BCUT2D eigenvalue weighted by Gasteiger charge is -2.50. The number of hydrogen-bond donors (Lipinski definition) is 0. The Morgan fingerprint density at radius 3 is 2.42 bits per heavy atom. The molecule has 2 saturated heterocycles. The van der Waals surface area contributed by atoms with Crippen LogP contribution in [0.3, 0.4) is 0 Å². The van der Waals surface area contributed by atoms with Crippen molar-refractivity contribution in [3.63, 3.8) is 0 Å². The summed E-state index contributed by atoms with van der Waals surface area (Å²) in [6.45, 7) is 0. The van der Waals surface area contributed by atoms with E-state index in [0.29, 0.717) is 6.42 Å². The van der Waals surface area contributed by atoms with Crippen LogP contribution < -0.4 is 0 Å². The fourth-order valence-corrected chi connectivity index (χ4v) is 5.74. The van der Waals surface area contributed by atoms with Crippen LogP contribution >= 0.6 is 15.9 Å². The van der Waals surface area contributed by atoms with E-state index < -0.39 is 50.4 Å². The molecule has 3 rings (SSSR count). The van der Waals surface area contributed by atoms with Crippen LogP contribution in [-0.2, 0) is 24.3 Å². The summed E-state index contributed by atoms with van der Waals surface area (Å²) in [7, 11) is -4.82. The zero-order valence-corrected chi connectivity index (χ0v) is 14.5. The molecule has 3 fully saturated rings. The molecule has 2 aliphatic heterocycles. The Balaban J connectivity index is 2.17. The van der Waals surface area contributed by atoms with Gasteiger partial charge in [0, 0.05) is 0 Å². The van der Waals surface area contributed by atoms with Gasteiger partial charge >= 0.3 is 27.6 Å². The lowest BCUT2D eigenvalue weighted by molar-refractivity contribution is -0.198.